The third-order valence-corrected chi connectivity index (χ3v) is 5.80. The minimum Gasteiger partial charge on any atom is -0.469 e. The fourth-order valence-corrected chi connectivity index (χ4v) is 4.46. The Hall–Kier alpha value is -1.57. The number of esters is 1. The normalized spacial score (nSPS) is 29.7. The first kappa shape index (κ1) is 15.8. The molecule has 2 atom stereocenters. The molecule has 1 aliphatic heterocycles. The van der Waals surface area contributed by atoms with Crippen molar-refractivity contribution in [3.05, 3.63) is 0 Å². The predicted octanol–water partition coefficient (Wildman–Crippen LogP) is 0.904. The Labute approximate surface area is 127 Å². The summed E-state index contributed by atoms with van der Waals surface area (Å²) in [7, 11) is 1.35. The van der Waals surface area contributed by atoms with Gasteiger partial charge in [0.25, 0.3) is 0 Å². The molecule has 0 aromatic rings. The summed E-state index contributed by atoms with van der Waals surface area (Å²) in [5, 5.41) is 8.57. The molecule has 21 heavy (non-hydrogen) atoms. The largest absolute Gasteiger partial charge is 0.469 e. The maximum Gasteiger partial charge on any atom is 0.309 e. The minimum atomic E-state index is -0.657. The highest BCUT2D eigenvalue weighted by Gasteiger charge is 2.70. The monoisotopic (exact) mass is 313 g/mol. The number of rotatable bonds is 1. The van der Waals surface area contributed by atoms with Crippen LogP contribution in [0.4, 0.5) is 0 Å². The van der Waals surface area contributed by atoms with Crippen molar-refractivity contribution in [3.63, 3.8) is 0 Å². The third kappa shape index (κ3) is 2.21. The van der Waals surface area contributed by atoms with Crippen LogP contribution in [0.1, 0.15) is 34.1 Å². The SMILES string of the molecule is COC(=O)[C@H]1C[C@@]2(SC(NC(C)=O)=NN2C(C)=O)C1(C)C. The number of nitrogens with one attached hydrogen (secondary N) is 1. The summed E-state index contributed by atoms with van der Waals surface area (Å²) in [4.78, 5) is 34.3. The fraction of sp³-hybridized carbons (Fsp3) is 0.692. The predicted molar refractivity (Wildman–Crippen MR) is 78.0 cm³/mol. The van der Waals surface area contributed by atoms with Crippen molar-refractivity contribution in [1.29, 1.82) is 0 Å². The van der Waals surface area contributed by atoms with E-state index >= 15 is 0 Å². The average Bonchev–Trinajstić information content (AvgIpc) is 2.76. The lowest BCUT2D eigenvalue weighted by Crippen LogP contribution is -2.67. The van der Waals surface area contributed by atoms with E-state index in [2.05, 4.69) is 10.4 Å². The Morgan fingerprint density at radius 2 is 2.00 bits per heavy atom. The van der Waals surface area contributed by atoms with Crippen LogP contribution in [0.15, 0.2) is 5.10 Å². The lowest BCUT2D eigenvalue weighted by molar-refractivity contribution is -0.173. The molecule has 8 heteroatoms. The molecule has 0 aromatic carbocycles. The molecule has 1 aliphatic carbocycles. The van der Waals surface area contributed by atoms with Gasteiger partial charge in [-0.05, 0) is 6.42 Å². The van der Waals surface area contributed by atoms with Gasteiger partial charge < -0.3 is 10.1 Å². The van der Waals surface area contributed by atoms with Gasteiger partial charge in [0.1, 0.15) is 4.87 Å². The highest BCUT2D eigenvalue weighted by molar-refractivity contribution is 8.15. The van der Waals surface area contributed by atoms with Crippen LogP contribution in [0, 0.1) is 11.3 Å². The highest BCUT2D eigenvalue weighted by Crippen LogP contribution is 2.65. The van der Waals surface area contributed by atoms with Gasteiger partial charge in [-0.3, -0.25) is 14.4 Å². The zero-order chi connectivity index (χ0) is 16.0. The Bertz CT molecular complexity index is 546. The minimum absolute atomic E-state index is 0.223. The van der Waals surface area contributed by atoms with Gasteiger partial charge >= 0.3 is 5.97 Å². The molecule has 1 spiro atoms. The average molecular weight is 313 g/mol. The van der Waals surface area contributed by atoms with E-state index < -0.39 is 10.3 Å². The zero-order valence-electron chi connectivity index (χ0n) is 12.7. The van der Waals surface area contributed by atoms with E-state index in [0.29, 0.717) is 11.6 Å². The number of hydrogen-bond acceptors (Lipinski definition) is 6. The van der Waals surface area contributed by atoms with Gasteiger partial charge in [0.15, 0.2) is 5.17 Å². The van der Waals surface area contributed by atoms with E-state index in [9.17, 15) is 14.4 Å². The van der Waals surface area contributed by atoms with E-state index in [1.165, 1.54) is 37.7 Å². The molecule has 2 amide bonds. The van der Waals surface area contributed by atoms with Gasteiger partial charge in [0, 0.05) is 19.3 Å². The number of ether oxygens (including phenoxy) is 1. The smallest absolute Gasteiger partial charge is 0.309 e. The van der Waals surface area contributed by atoms with Gasteiger partial charge in [-0.1, -0.05) is 25.6 Å². The molecule has 1 N–H and O–H groups in total. The fourth-order valence-electron chi connectivity index (χ4n) is 2.91. The van der Waals surface area contributed by atoms with Gasteiger partial charge in [-0.2, -0.15) is 0 Å². The number of methoxy groups -OCH3 is 1. The summed E-state index contributed by atoms with van der Waals surface area (Å²) in [5.74, 6) is -1.06. The van der Waals surface area contributed by atoms with Crippen molar-refractivity contribution in [2.24, 2.45) is 16.4 Å². The summed E-state index contributed by atoms with van der Waals surface area (Å²) in [6, 6.07) is 0. The first-order chi connectivity index (χ1) is 9.65. The molecule has 1 saturated carbocycles. The maximum absolute atomic E-state index is 11.9. The van der Waals surface area contributed by atoms with Crippen molar-refractivity contribution in [2.75, 3.05) is 7.11 Å². The molecule has 1 fully saturated rings. The highest BCUT2D eigenvalue weighted by atomic mass is 32.2. The first-order valence-electron chi connectivity index (χ1n) is 6.59. The van der Waals surface area contributed by atoms with Gasteiger partial charge in [0.05, 0.1) is 13.0 Å². The van der Waals surface area contributed by atoms with E-state index in [4.69, 9.17) is 4.74 Å². The lowest BCUT2D eigenvalue weighted by Gasteiger charge is -2.59. The topological polar surface area (TPSA) is 88.1 Å². The molecule has 2 rings (SSSR count). The van der Waals surface area contributed by atoms with Crippen LogP contribution in [0.25, 0.3) is 0 Å². The molecule has 116 valence electrons. The number of nitrogens with zero attached hydrogens (tertiary/aromatic N) is 2. The van der Waals surface area contributed by atoms with Crippen molar-refractivity contribution in [3.8, 4) is 0 Å². The Morgan fingerprint density at radius 1 is 1.38 bits per heavy atom. The number of amidine groups is 1. The molecule has 0 radical (unpaired) electrons. The standard InChI is InChI=1S/C13H19N3O4S/c1-7(17)14-11-15-16(8(2)18)13(21-11)6-9(10(19)20-5)12(13,3)4/h9H,6H2,1-5H3,(H,14,15,17)/t9-,13-/m1/s1. The van der Waals surface area contributed by atoms with Crippen molar-refractivity contribution >= 4 is 34.7 Å². The van der Waals surface area contributed by atoms with Crippen LogP contribution < -0.4 is 5.32 Å². The first-order valence-corrected chi connectivity index (χ1v) is 7.41. The molecule has 0 bridgehead atoms. The maximum atomic E-state index is 11.9. The number of carbonyl (C=O) groups is 3. The molecule has 0 aromatic heterocycles. The Morgan fingerprint density at radius 3 is 2.43 bits per heavy atom. The van der Waals surface area contributed by atoms with E-state index in [1.54, 1.807) is 0 Å². The molecular formula is C13H19N3O4S. The Balaban J connectivity index is 2.30. The number of thioether (sulfide) groups is 1. The van der Waals surface area contributed by atoms with Crippen LogP contribution in [0.2, 0.25) is 0 Å². The summed E-state index contributed by atoms with van der Waals surface area (Å²) < 4.78 is 4.82. The molecule has 0 saturated heterocycles. The second-order valence-electron chi connectivity index (χ2n) is 5.81. The molecule has 0 unspecified atom stereocenters. The number of amides is 2. The van der Waals surface area contributed by atoms with Crippen molar-refractivity contribution in [1.82, 2.24) is 10.3 Å². The quantitative estimate of drug-likeness (QED) is 0.727. The van der Waals surface area contributed by atoms with Gasteiger partial charge in [-0.25, -0.2) is 5.01 Å². The van der Waals surface area contributed by atoms with Crippen LogP contribution in [-0.2, 0) is 19.1 Å². The zero-order valence-corrected chi connectivity index (χ0v) is 13.5. The Kier molecular flexibility index (Phi) is 3.77. The van der Waals surface area contributed by atoms with E-state index in [0.717, 1.165) is 0 Å². The third-order valence-electron chi connectivity index (χ3n) is 4.22. The molecule has 7 nitrogen and oxygen atoms in total. The van der Waals surface area contributed by atoms with Crippen LogP contribution >= 0.6 is 11.8 Å². The summed E-state index contributed by atoms with van der Waals surface area (Å²) in [6.45, 7) is 6.62. The van der Waals surface area contributed by atoms with Crippen molar-refractivity contribution in [2.45, 2.75) is 39.0 Å². The van der Waals surface area contributed by atoms with Crippen LogP contribution in [0.5, 0.6) is 0 Å². The van der Waals surface area contributed by atoms with Gasteiger partial charge in [0.2, 0.25) is 11.8 Å². The summed E-state index contributed by atoms with van der Waals surface area (Å²) >= 11 is 1.32. The number of hydrazone groups is 1. The summed E-state index contributed by atoms with van der Waals surface area (Å²) in [5.41, 5.74) is -0.514. The van der Waals surface area contributed by atoms with E-state index in [-0.39, 0.29) is 23.7 Å². The van der Waals surface area contributed by atoms with Gasteiger partial charge in [-0.15, -0.1) is 5.10 Å². The molecular weight excluding hydrogens is 294 g/mol. The molecule has 2 aliphatic rings. The van der Waals surface area contributed by atoms with E-state index in [1.807, 2.05) is 13.8 Å². The number of carbonyl (C=O) groups excluding carboxylic acids is 3. The van der Waals surface area contributed by atoms with Crippen LogP contribution in [-0.4, -0.2) is 39.9 Å². The number of hydrogen-bond donors (Lipinski definition) is 1. The second-order valence-corrected chi connectivity index (χ2v) is 7.07. The molecule has 1 heterocycles. The second kappa shape index (κ2) is 5.01. The lowest BCUT2D eigenvalue weighted by atomic mass is 9.57. The summed E-state index contributed by atoms with van der Waals surface area (Å²) in [6.07, 6.45) is 0.448. The van der Waals surface area contributed by atoms with Crippen molar-refractivity contribution < 1.29 is 19.1 Å². The van der Waals surface area contributed by atoms with Crippen LogP contribution in [0.3, 0.4) is 0 Å².